The standard InChI is InChI=1S/C14H15BrN4O3/c15-6-14(22)18-7-17-12(20)3-8-4-13(21)19-11-5-9(16)1-2-10(8)11/h1-2,4-5H,3,6-7,16H2,(H,17,20)(H,18,22)(H,19,21). The van der Waals surface area contributed by atoms with Gasteiger partial charge in [-0.15, -0.1) is 0 Å². The van der Waals surface area contributed by atoms with E-state index in [1.165, 1.54) is 6.07 Å². The summed E-state index contributed by atoms with van der Waals surface area (Å²) in [4.78, 5) is 37.3. The highest BCUT2D eigenvalue weighted by Gasteiger charge is 2.09. The average molecular weight is 367 g/mol. The van der Waals surface area contributed by atoms with E-state index in [0.717, 1.165) is 5.39 Å². The number of nitrogens with one attached hydrogen (secondary N) is 3. The van der Waals surface area contributed by atoms with E-state index >= 15 is 0 Å². The number of anilines is 1. The molecule has 2 rings (SSSR count). The highest BCUT2D eigenvalue weighted by atomic mass is 79.9. The molecule has 0 aliphatic carbocycles. The predicted molar refractivity (Wildman–Crippen MR) is 87.6 cm³/mol. The van der Waals surface area contributed by atoms with Crippen molar-refractivity contribution >= 4 is 44.3 Å². The Morgan fingerprint density at radius 1 is 1.18 bits per heavy atom. The van der Waals surface area contributed by atoms with E-state index in [1.807, 2.05) is 0 Å². The number of carbonyl (C=O) groups is 2. The first-order valence-corrected chi connectivity index (χ1v) is 7.62. The normalized spacial score (nSPS) is 10.4. The third-order valence-electron chi connectivity index (χ3n) is 3.00. The monoisotopic (exact) mass is 366 g/mol. The number of pyridine rings is 1. The van der Waals surface area contributed by atoms with Crippen molar-refractivity contribution in [2.45, 2.75) is 6.42 Å². The largest absolute Gasteiger partial charge is 0.399 e. The van der Waals surface area contributed by atoms with Gasteiger partial charge in [-0.05, 0) is 17.7 Å². The molecule has 2 aromatic rings. The van der Waals surface area contributed by atoms with Crippen LogP contribution in [0.3, 0.4) is 0 Å². The maximum absolute atomic E-state index is 11.9. The van der Waals surface area contributed by atoms with E-state index in [-0.39, 0.29) is 35.8 Å². The zero-order chi connectivity index (χ0) is 16.1. The van der Waals surface area contributed by atoms with Gasteiger partial charge in [-0.2, -0.15) is 0 Å². The third kappa shape index (κ3) is 4.08. The van der Waals surface area contributed by atoms with E-state index in [0.29, 0.717) is 16.8 Å². The molecule has 0 aliphatic heterocycles. The zero-order valence-corrected chi connectivity index (χ0v) is 13.2. The smallest absolute Gasteiger partial charge is 0.248 e. The van der Waals surface area contributed by atoms with Crippen LogP contribution in [0.25, 0.3) is 10.9 Å². The second-order valence-corrected chi connectivity index (χ2v) is 5.21. The fourth-order valence-electron chi connectivity index (χ4n) is 2.02. The fraction of sp³-hybridized carbons (Fsp3) is 0.214. The molecular formula is C14H15BrN4O3. The predicted octanol–water partition coefficient (Wildman–Crippen LogP) is 0.238. The van der Waals surface area contributed by atoms with Crippen molar-refractivity contribution in [2.24, 2.45) is 0 Å². The molecule has 0 unspecified atom stereocenters. The molecule has 0 spiro atoms. The van der Waals surface area contributed by atoms with Crippen LogP contribution in [-0.4, -0.2) is 28.8 Å². The van der Waals surface area contributed by atoms with Gasteiger partial charge < -0.3 is 21.4 Å². The van der Waals surface area contributed by atoms with E-state index in [9.17, 15) is 14.4 Å². The van der Waals surface area contributed by atoms with Gasteiger partial charge >= 0.3 is 0 Å². The molecule has 0 saturated carbocycles. The summed E-state index contributed by atoms with van der Waals surface area (Å²) >= 11 is 3.00. The van der Waals surface area contributed by atoms with Crippen LogP contribution in [0.1, 0.15) is 5.56 Å². The molecule has 5 N–H and O–H groups in total. The molecule has 1 heterocycles. The number of aromatic amines is 1. The van der Waals surface area contributed by atoms with Crippen molar-refractivity contribution < 1.29 is 9.59 Å². The Morgan fingerprint density at radius 2 is 1.91 bits per heavy atom. The van der Waals surface area contributed by atoms with E-state index in [4.69, 9.17) is 5.73 Å². The molecule has 0 aliphatic rings. The highest BCUT2D eigenvalue weighted by molar-refractivity contribution is 9.09. The first-order valence-electron chi connectivity index (χ1n) is 6.50. The molecule has 0 bridgehead atoms. The highest BCUT2D eigenvalue weighted by Crippen LogP contribution is 2.18. The van der Waals surface area contributed by atoms with Gasteiger partial charge in [0.05, 0.1) is 23.9 Å². The zero-order valence-electron chi connectivity index (χ0n) is 11.6. The third-order valence-corrected chi connectivity index (χ3v) is 3.51. The molecule has 116 valence electrons. The van der Waals surface area contributed by atoms with Crippen LogP contribution in [0, 0.1) is 0 Å². The summed E-state index contributed by atoms with van der Waals surface area (Å²) in [7, 11) is 0. The molecule has 7 nitrogen and oxygen atoms in total. The second kappa shape index (κ2) is 7.08. The van der Waals surface area contributed by atoms with Crippen molar-refractivity contribution in [3.05, 3.63) is 40.2 Å². The Morgan fingerprint density at radius 3 is 2.64 bits per heavy atom. The number of nitrogens with two attached hydrogens (primary N) is 1. The number of aromatic nitrogens is 1. The van der Waals surface area contributed by atoms with Gasteiger partial charge in [-0.1, -0.05) is 22.0 Å². The lowest BCUT2D eigenvalue weighted by Gasteiger charge is -2.08. The Bertz CT molecular complexity index is 772. The number of alkyl halides is 1. The molecule has 1 aromatic heterocycles. The van der Waals surface area contributed by atoms with Gasteiger partial charge in [0, 0.05) is 17.1 Å². The number of amides is 2. The fourth-order valence-corrected chi connectivity index (χ4v) is 2.22. The minimum absolute atomic E-state index is 0.0362. The summed E-state index contributed by atoms with van der Waals surface area (Å²) in [6.07, 6.45) is 0.0362. The second-order valence-electron chi connectivity index (χ2n) is 4.65. The number of rotatable bonds is 5. The van der Waals surface area contributed by atoms with Crippen LogP contribution in [0.5, 0.6) is 0 Å². The number of benzene rings is 1. The van der Waals surface area contributed by atoms with Gasteiger partial charge in [0.25, 0.3) is 0 Å². The number of fused-ring (bicyclic) bond motifs is 1. The maximum atomic E-state index is 11.9. The number of H-pyrrole nitrogens is 1. The lowest BCUT2D eigenvalue weighted by atomic mass is 10.1. The van der Waals surface area contributed by atoms with Gasteiger partial charge in [-0.3, -0.25) is 14.4 Å². The van der Waals surface area contributed by atoms with E-state index in [1.54, 1.807) is 18.2 Å². The minimum Gasteiger partial charge on any atom is -0.399 e. The van der Waals surface area contributed by atoms with Crippen molar-refractivity contribution in [2.75, 3.05) is 17.7 Å². The SMILES string of the molecule is Nc1ccc2c(CC(=O)NCNC(=O)CBr)cc(=O)[nH]c2c1. The van der Waals surface area contributed by atoms with E-state index in [2.05, 4.69) is 31.5 Å². The average Bonchev–Trinajstić information content (AvgIpc) is 2.46. The Kier molecular flexibility index (Phi) is 5.16. The summed E-state index contributed by atoms with van der Waals surface area (Å²) in [5.74, 6) is -0.518. The van der Waals surface area contributed by atoms with Crippen molar-refractivity contribution in [1.29, 1.82) is 0 Å². The molecule has 22 heavy (non-hydrogen) atoms. The maximum Gasteiger partial charge on any atom is 0.248 e. The van der Waals surface area contributed by atoms with E-state index < -0.39 is 0 Å². The summed E-state index contributed by atoms with van der Waals surface area (Å²) in [6.45, 7) is 0.0390. The molecule has 0 saturated heterocycles. The number of hydrogen-bond acceptors (Lipinski definition) is 4. The van der Waals surface area contributed by atoms with Gasteiger partial charge in [0.1, 0.15) is 0 Å². The molecule has 1 aromatic carbocycles. The van der Waals surface area contributed by atoms with Crippen molar-refractivity contribution in [3.63, 3.8) is 0 Å². The summed E-state index contributed by atoms with van der Waals surface area (Å²) in [6, 6.07) is 6.50. The molecule has 8 heteroatoms. The molecule has 2 amide bonds. The molecular weight excluding hydrogens is 352 g/mol. The van der Waals surface area contributed by atoms with Crippen LogP contribution in [0.4, 0.5) is 5.69 Å². The van der Waals surface area contributed by atoms with Gasteiger partial charge in [0.15, 0.2) is 0 Å². The Balaban J connectivity index is 2.12. The van der Waals surface area contributed by atoms with Crippen LogP contribution in [-0.2, 0) is 16.0 Å². The number of nitrogen functional groups attached to an aromatic ring is 1. The topological polar surface area (TPSA) is 117 Å². The molecule has 0 atom stereocenters. The van der Waals surface area contributed by atoms with Crippen LogP contribution >= 0.6 is 15.9 Å². The summed E-state index contributed by atoms with van der Waals surface area (Å²) < 4.78 is 0. The minimum atomic E-state index is -0.298. The molecule has 0 fully saturated rings. The lowest BCUT2D eigenvalue weighted by molar-refractivity contribution is -0.121. The van der Waals surface area contributed by atoms with Crippen LogP contribution in [0.15, 0.2) is 29.1 Å². The van der Waals surface area contributed by atoms with Gasteiger partial charge in [-0.25, -0.2) is 0 Å². The lowest BCUT2D eigenvalue weighted by Crippen LogP contribution is -2.38. The number of carbonyl (C=O) groups excluding carboxylic acids is 2. The first-order chi connectivity index (χ1) is 10.5. The summed E-state index contributed by atoms with van der Waals surface area (Å²) in [5.41, 5.74) is 7.11. The van der Waals surface area contributed by atoms with Crippen molar-refractivity contribution in [3.8, 4) is 0 Å². The number of hydrogen-bond donors (Lipinski definition) is 4. The quantitative estimate of drug-likeness (QED) is 0.344. The molecule has 0 radical (unpaired) electrons. The Labute approximate surface area is 134 Å². The summed E-state index contributed by atoms with van der Waals surface area (Å²) in [5, 5.41) is 5.99. The first kappa shape index (κ1) is 16.0. The Hall–Kier alpha value is -2.35. The van der Waals surface area contributed by atoms with Gasteiger partial charge in [0.2, 0.25) is 17.4 Å². The van der Waals surface area contributed by atoms with Crippen LogP contribution in [0.2, 0.25) is 0 Å². The van der Waals surface area contributed by atoms with Crippen molar-refractivity contribution in [1.82, 2.24) is 15.6 Å². The van der Waals surface area contributed by atoms with Crippen LogP contribution < -0.4 is 21.9 Å². The number of halogens is 1.